The zero-order valence-electron chi connectivity index (χ0n) is 10.6. The van der Waals surface area contributed by atoms with Gasteiger partial charge in [-0.1, -0.05) is 24.1 Å². The van der Waals surface area contributed by atoms with Crippen LogP contribution in [0, 0.1) is 18.8 Å². The van der Waals surface area contributed by atoms with Crippen molar-refractivity contribution in [1.29, 1.82) is 0 Å². The number of rotatable bonds is 3. The molecule has 0 aromatic heterocycles. The van der Waals surface area contributed by atoms with Crippen LogP contribution in [0.25, 0.3) is 0 Å². The normalized spacial score (nSPS) is 22.2. The number of anilines is 1. The molecule has 1 amide bonds. The summed E-state index contributed by atoms with van der Waals surface area (Å²) in [6, 6.07) is 5.36. The van der Waals surface area contributed by atoms with Crippen molar-refractivity contribution >= 4 is 29.2 Å². The van der Waals surface area contributed by atoms with Crippen molar-refractivity contribution in [2.75, 3.05) is 5.32 Å². The van der Waals surface area contributed by atoms with Gasteiger partial charge in [0.05, 0.1) is 22.5 Å². The molecule has 102 valence electrons. The molecule has 4 nitrogen and oxygen atoms in total. The Hall–Kier alpha value is -1.55. The van der Waals surface area contributed by atoms with Crippen LogP contribution in [-0.4, -0.2) is 17.0 Å². The first-order chi connectivity index (χ1) is 8.99. The number of nitrogens with one attached hydrogen (secondary N) is 1. The van der Waals surface area contributed by atoms with Gasteiger partial charge in [-0.25, -0.2) is 0 Å². The largest absolute Gasteiger partial charge is 0.481 e. The highest BCUT2D eigenvalue weighted by molar-refractivity contribution is 6.33. The summed E-state index contributed by atoms with van der Waals surface area (Å²) in [6.07, 6.45) is 1.96. The quantitative estimate of drug-likeness (QED) is 0.895. The summed E-state index contributed by atoms with van der Waals surface area (Å²) in [4.78, 5) is 23.2. The molecule has 0 bridgehead atoms. The van der Waals surface area contributed by atoms with Crippen LogP contribution in [0.3, 0.4) is 0 Å². The van der Waals surface area contributed by atoms with E-state index >= 15 is 0 Å². The number of benzene rings is 1. The van der Waals surface area contributed by atoms with E-state index in [9.17, 15) is 9.59 Å². The standard InChI is InChI=1S/C14H16ClNO3/c1-8-5-6-11(15)12(7-8)16-13(17)9-3-2-4-10(9)14(18)19/h5-7,9-10H,2-4H2,1H3,(H,16,17)(H,18,19). The molecular weight excluding hydrogens is 266 g/mol. The Bertz CT molecular complexity index is 515. The maximum Gasteiger partial charge on any atom is 0.307 e. The third-order valence-electron chi connectivity index (χ3n) is 3.55. The highest BCUT2D eigenvalue weighted by Crippen LogP contribution is 2.33. The maximum atomic E-state index is 12.2. The van der Waals surface area contributed by atoms with E-state index in [1.54, 1.807) is 12.1 Å². The van der Waals surface area contributed by atoms with Crippen LogP contribution in [-0.2, 0) is 9.59 Å². The van der Waals surface area contributed by atoms with Crippen molar-refractivity contribution in [2.45, 2.75) is 26.2 Å². The predicted molar refractivity (Wildman–Crippen MR) is 73.3 cm³/mol. The molecule has 0 aliphatic heterocycles. The van der Waals surface area contributed by atoms with Gasteiger partial charge in [0.2, 0.25) is 5.91 Å². The average Bonchev–Trinajstić information content (AvgIpc) is 2.83. The van der Waals surface area contributed by atoms with Gasteiger partial charge in [-0.15, -0.1) is 0 Å². The number of hydrogen-bond donors (Lipinski definition) is 2. The third-order valence-corrected chi connectivity index (χ3v) is 3.88. The van der Waals surface area contributed by atoms with E-state index in [0.29, 0.717) is 23.6 Å². The lowest BCUT2D eigenvalue weighted by molar-refractivity contribution is -0.145. The molecule has 5 heteroatoms. The molecule has 1 fully saturated rings. The fourth-order valence-electron chi connectivity index (χ4n) is 2.53. The molecule has 1 aromatic carbocycles. The average molecular weight is 282 g/mol. The summed E-state index contributed by atoms with van der Waals surface area (Å²) in [7, 11) is 0. The lowest BCUT2D eigenvalue weighted by Gasteiger charge is -2.16. The molecule has 2 N–H and O–H groups in total. The van der Waals surface area contributed by atoms with E-state index in [0.717, 1.165) is 12.0 Å². The van der Waals surface area contributed by atoms with Crippen molar-refractivity contribution in [1.82, 2.24) is 0 Å². The van der Waals surface area contributed by atoms with Gasteiger partial charge in [-0.2, -0.15) is 0 Å². The van der Waals surface area contributed by atoms with Crippen molar-refractivity contribution in [3.8, 4) is 0 Å². The molecule has 2 unspecified atom stereocenters. The van der Waals surface area contributed by atoms with Crippen LogP contribution >= 0.6 is 11.6 Å². The molecule has 0 spiro atoms. The summed E-state index contributed by atoms with van der Waals surface area (Å²) >= 11 is 6.01. The zero-order chi connectivity index (χ0) is 14.0. The molecule has 1 saturated carbocycles. The van der Waals surface area contributed by atoms with Crippen LogP contribution in [0.2, 0.25) is 5.02 Å². The molecule has 19 heavy (non-hydrogen) atoms. The number of carbonyl (C=O) groups excluding carboxylic acids is 1. The van der Waals surface area contributed by atoms with Gasteiger partial charge in [0.25, 0.3) is 0 Å². The Labute approximate surface area is 116 Å². The Morgan fingerprint density at radius 3 is 2.68 bits per heavy atom. The number of carboxylic acids is 1. The predicted octanol–water partition coefficient (Wildman–Crippen LogP) is 3.09. The number of amides is 1. The van der Waals surface area contributed by atoms with Crippen molar-refractivity contribution in [3.63, 3.8) is 0 Å². The summed E-state index contributed by atoms with van der Waals surface area (Å²) < 4.78 is 0. The summed E-state index contributed by atoms with van der Waals surface area (Å²) in [5.74, 6) is -2.19. The monoisotopic (exact) mass is 281 g/mol. The Kier molecular flexibility index (Phi) is 4.10. The second-order valence-corrected chi connectivity index (χ2v) is 5.36. The zero-order valence-corrected chi connectivity index (χ0v) is 11.4. The molecule has 1 aliphatic rings. The molecule has 1 aromatic rings. The van der Waals surface area contributed by atoms with E-state index in [1.807, 2.05) is 13.0 Å². The number of carboxylic acid groups (broad SMARTS) is 1. The lowest BCUT2D eigenvalue weighted by Crippen LogP contribution is -2.30. The minimum Gasteiger partial charge on any atom is -0.481 e. The van der Waals surface area contributed by atoms with E-state index in [2.05, 4.69) is 5.32 Å². The Morgan fingerprint density at radius 1 is 1.32 bits per heavy atom. The van der Waals surface area contributed by atoms with E-state index in [1.165, 1.54) is 0 Å². The van der Waals surface area contributed by atoms with E-state index in [-0.39, 0.29) is 5.91 Å². The fraction of sp³-hybridized carbons (Fsp3) is 0.429. The van der Waals surface area contributed by atoms with Gasteiger partial charge in [-0.3, -0.25) is 9.59 Å². The fourth-order valence-corrected chi connectivity index (χ4v) is 2.69. The first kappa shape index (κ1) is 13.9. The highest BCUT2D eigenvalue weighted by atomic mass is 35.5. The molecule has 2 atom stereocenters. The van der Waals surface area contributed by atoms with Gasteiger partial charge < -0.3 is 10.4 Å². The van der Waals surface area contributed by atoms with Gasteiger partial charge in [0.15, 0.2) is 0 Å². The first-order valence-electron chi connectivity index (χ1n) is 6.29. The molecule has 0 saturated heterocycles. The van der Waals surface area contributed by atoms with Crippen LogP contribution in [0.1, 0.15) is 24.8 Å². The first-order valence-corrected chi connectivity index (χ1v) is 6.66. The van der Waals surface area contributed by atoms with E-state index in [4.69, 9.17) is 16.7 Å². The van der Waals surface area contributed by atoms with E-state index < -0.39 is 17.8 Å². The molecule has 0 radical (unpaired) electrons. The minimum absolute atomic E-state index is 0.252. The Morgan fingerprint density at radius 2 is 2.00 bits per heavy atom. The molecule has 1 aliphatic carbocycles. The maximum absolute atomic E-state index is 12.2. The summed E-state index contributed by atoms with van der Waals surface area (Å²) in [5, 5.41) is 12.3. The molecule has 2 rings (SSSR count). The number of aliphatic carboxylic acids is 1. The van der Waals surface area contributed by atoms with Crippen LogP contribution < -0.4 is 5.32 Å². The highest BCUT2D eigenvalue weighted by Gasteiger charge is 2.37. The number of hydrogen-bond acceptors (Lipinski definition) is 2. The van der Waals surface area contributed by atoms with Crippen LogP contribution in [0.5, 0.6) is 0 Å². The minimum atomic E-state index is -0.895. The topological polar surface area (TPSA) is 66.4 Å². The Balaban J connectivity index is 2.12. The van der Waals surface area contributed by atoms with Gasteiger partial charge in [0.1, 0.15) is 0 Å². The smallest absolute Gasteiger partial charge is 0.307 e. The second-order valence-electron chi connectivity index (χ2n) is 4.95. The molecular formula is C14H16ClNO3. The van der Waals surface area contributed by atoms with Crippen molar-refractivity contribution in [3.05, 3.63) is 28.8 Å². The second kappa shape index (κ2) is 5.61. The SMILES string of the molecule is Cc1ccc(Cl)c(NC(=O)C2CCCC2C(=O)O)c1. The van der Waals surface area contributed by atoms with Crippen molar-refractivity contribution in [2.24, 2.45) is 11.8 Å². The van der Waals surface area contributed by atoms with Gasteiger partial charge in [0, 0.05) is 0 Å². The third kappa shape index (κ3) is 3.07. The number of carbonyl (C=O) groups is 2. The van der Waals surface area contributed by atoms with Crippen molar-refractivity contribution < 1.29 is 14.7 Å². The number of halogens is 1. The summed E-state index contributed by atoms with van der Waals surface area (Å²) in [5.41, 5.74) is 1.53. The summed E-state index contributed by atoms with van der Waals surface area (Å²) in [6.45, 7) is 1.90. The number of aryl methyl sites for hydroxylation is 1. The molecule has 0 heterocycles. The van der Waals surface area contributed by atoms with Crippen LogP contribution in [0.4, 0.5) is 5.69 Å². The van der Waals surface area contributed by atoms with Gasteiger partial charge in [-0.05, 0) is 37.5 Å². The lowest BCUT2D eigenvalue weighted by atomic mass is 9.95. The van der Waals surface area contributed by atoms with Crippen LogP contribution in [0.15, 0.2) is 18.2 Å². The van der Waals surface area contributed by atoms with Gasteiger partial charge >= 0.3 is 5.97 Å².